The van der Waals surface area contributed by atoms with E-state index in [1.54, 1.807) is 6.92 Å². The number of Topliss-reactive ketones (excluding diaryl/α,β-unsaturated/α-hetero) is 1. The minimum Gasteiger partial charge on any atom is -0.376 e. The summed E-state index contributed by atoms with van der Waals surface area (Å²) in [6.07, 6.45) is 9.88. The van der Waals surface area contributed by atoms with Crippen LogP contribution in [0, 0.1) is 22.2 Å². The van der Waals surface area contributed by atoms with Crippen LogP contribution in [-0.4, -0.2) is 43.0 Å². The van der Waals surface area contributed by atoms with E-state index in [1.165, 1.54) is 25.7 Å². The molecule has 0 aromatic carbocycles. The predicted molar refractivity (Wildman–Crippen MR) is 204 cm³/mol. The van der Waals surface area contributed by atoms with Crippen molar-refractivity contribution in [2.45, 2.75) is 207 Å². The number of ether oxygens (including phenoxy) is 1. The lowest BCUT2D eigenvalue weighted by atomic mass is 9.74. The predicted octanol–water partition coefficient (Wildman–Crippen LogP) is 11.8. The van der Waals surface area contributed by atoms with Gasteiger partial charge in [-0.05, 0) is 90.5 Å². The van der Waals surface area contributed by atoms with Crippen LogP contribution >= 0.6 is 0 Å². The third kappa shape index (κ3) is 39.2. The van der Waals surface area contributed by atoms with Crippen LogP contribution in [0.25, 0.3) is 0 Å². The Hall–Kier alpha value is -0.940. The molecule has 0 bridgehead atoms. The van der Waals surface area contributed by atoms with Gasteiger partial charge in [0, 0.05) is 30.5 Å². The molecule has 0 aliphatic rings. The highest BCUT2D eigenvalue weighted by Crippen LogP contribution is 2.37. The molecule has 276 valence electrons. The summed E-state index contributed by atoms with van der Waals surface area (Å²) in [5, 5.41) is 6.30. The summed E-state index contributed by atoms with van der Waals surface area (Å²) in [6, 6.07) is 0. The third-order valence-corrected chi connectivity index (χ3v) is 7.44. The highest BCUT2D eigenvalue weighted by atomic mass is 16.5. The Labute approximate surface area is 286 Å². The molecule has 45 heavy (non-hydrogen) atoms. The lowest BCUT2D eigenvalue weighted by Crippen LogP contribution is -2.43. The number of amides is 1. The fraction of sp³-hybridized carbons (Fsp3) is 0.950. The first kappa shape index (κ1) is 53.5. The Morgan fingerprint density at radius 3 is 1.53 bits per heavy atom. The van der Waals surface area contributed by atoms with Gasteiger partial charge >= 0.3 is 0 Å². The van der Waals surface area contributed by atoms with Crippen LogP contribution in [0.5, 0.6) is 0 Å². The average molecular weight is 645 g/mol. The van der Waals surface area contributed by atoms with Crippen LogP contribution < -0.4 is 10.6 Å². The van der Waals surface area contributed by atoms with Gasteiger partial charge < -0.3 is 15.4 Å². The Bertz CT molecular complexity index is 688. The maximum absolute atomic E-state index is 11.1. The summed E-state index contributed by atoms with van der Waals surface area (Å²) >= 11 is 0. The van der Waals surface area contributed by atoms with E-state index in [1.807, 2.05) is 55.5 Å². The quantitative estimate of drug-likeness (QED) is 0.155. The molecule has 0 rings (SSSR count). The molecular weight excluding hydrogens is 556 g/mol. The molecule has 0 saturated heterocycles. The molecule has 1 amide bonds. The molecule has 5 heteroatoms. The molecule has 0 radical (unpaired) electrons. The number of unbranched alkanes of at least 4 members (excludes halogenated alkanes) is 2. The first-order valence-electron chi connectivity index (χ1n) is 18.5. The average Bonchev–Trinajstić information content (AvgIpc) is 2.91. The number of ketones is 1. The van der Waals surface area contributed by atoms with E-state index in [4.69, 9.17) is 4.74 Å². The van der Waals surface area contributed by atoms with Gasteiger partial charge in [0.2, 0.25) is 5.91 Å². The Kier molecular flexibility index (Phi) is 33.4. The lowest BCUT2D eigenvalue weighted by molar-refractivity contribution is -0.126. The van der Waals surface area contributed by atoms with Gasteiger partial charge in [-0.25, -0.2) is 0 Å². The van der Waals surface area contributed by atoms with Crippen LogP contribution in [0.15, 0.2) is 0 Å². The Morgan fingerprint density at radius 2 is 1.20 bits per heavy atom. The second-order valence-electron chi connectivity index (χ2n) is 16.2. The maximum atomic E-state index is 11.1. The summed E-state index contributed by atoms with van der Waals surface area (Å²) in [4.78, 5) is 22.0. The van der Waals surface area contributed by atoms with Crippen molar-refractivity contribution in [1.82, 2.24) is 10.6 Å². The largest absolute Gasteiger partial charge is 0.376 e. The summed E-state index contributed by atoms with van der Waals surface area (Å²) in [5.74, 6) is 1.08. The lowest BCUT2D eigenvalue weighted by Gasteiger charge is -2.40. The normalized spacial score (nSPS) is 12.5. The molecule has 1 unspecified atom stereocenters. The SMILES string of the molecule is CC.CC.CC(=O)C(C)(C)CC(C)(C)C.CCCCC(C)CNC(=O)CC.CCCCOC(C)(C)CC(C)(C)CC(C)(C)NC. The molecule has 0 aromatic heterocycles. The van der Waals surface area contributed by atoms with Gasteiger partial charge in [-0.2, -0.15) is 0 Å². The van der Waals surface area contributed by atoms with Crippen LogP contribution in [0.1, 0.15) is 196 Å². The van der Waals surface area contributed by atoms with E-state index < -0.39 is 0 Å². The number of carbonyl (C=O) groups is 2. The van der Waals surface area contributed by atoms with Gasteiger partial charge in [0.25, 0.3) is 0 Å². The van der Waals surface area contributed by atoms with Gasteiger partial charge in [-0.1, -0.05) is 123 Å². The molecule has 5 nitrogen and oxygen atoms in total. The van der Waals surface area contributed by atoms with Gasteiger partial charge in [0.05, 0.1) is 5.60 Å². The summed E-state index contributed by atoms with van der Waals surface area (Å²) < 4.78 is 6.03. The molecule has 1 atom stereocenters. The fourth-order valence-corrected chi connectivity index (χ4v) is 5.56. The van der Waals surface area contributed by atoms with Crippen molar-refractivity contribution in [2.75, 3.05) is 20.2 Å². The van der Waals surface area contributed by atoms with Crippen LogP contribution in [0.4, 0.5) is 0 Å². The van der Waals surface area contributed by atoms with E-state index in [2.05, 4.69) is 93.7 Å². The van der Waals surface area contributed by atoms with Crippen LogP contribution in [0.2, 0.25) is 0 Å². The van der Waals surface area contributed by atoms with Crippen molar-refractivity contribution in [3.05, 3.63) is 0 Å². The highest BCUT2D eigenvalue weighted by molar-refractivity contribution is 5.81. The van der Waals surface area contributed by atoms with E-state index in [9.17, 15) is 9.59 Å². The van der Waals surface area contributed by atoms with Crippen molar-refractivity contribution < 1.29 is 14.3 Å². The molecule has 0 aliphatic heterocycles. The zero-order chi connectivity index (χ0) is 37.1. The number of hydrogen-bond donors (Lipinski definition) is 2. The molecule has 2 N–H and O–H groups in total. The maximum Gasteiger partial charge on any atom is 0.219 e. The number of carbonyl (C=O) groups excluding carboxylic acids is 2. The molecule has 0 heterocycles. The standard InChI is InChI=1S/C16H35NO.C10H21NO.C10H20O.2C2H6/c1-9-10-11-18-16(6,7)13-14(2,3)12-15(4,5)17-8;1-4-6-7-9(3)8-11-10(12)5-2;1-8(11)10(5,6)7-9(2,3)4;2*1-2/h17H,9-13H2,1-8H3;9H,4-8H2,1-3H3,(H,11,12);7H2,1-6H3;2*1-2H3. The van der Waals surface area contributed by atoms with Crippen molar-refractivity contribution in [3.63, 3.8) is 0 Å². The molecule has 0 saturated carbocycles. The van der Waals surface area contributed by atoms with Crippen LogP contribution in [-0.2, 0) is 14.3 Å². The van der Waals surface area contributed by atoms with E-state index >= 15 is 0 Å². The van der Waals surface area contributed by atoms with Crippen molar-refractivity contribution >= 4 is 11.7 Å². The van der Waals surface area contributed by atoms with Gasteiger partial charge in [-0.3, -0.25) is 9.59 Å². The number of rotatable bonds is 17. The monoisotopic (exact) mass is 645 g/mol. The summed E-state index contributed by atoms with van der Waals surface area (Å²) in [6.45, 7) is 44.0. The second-order valence-corrected chi connectivity index (χ2v) is 16.2. The zero-order valence-electron chi connectivity index (χ0n) is 35.1. The molecule has 0 fully saturated rings. The summed E-state index contributed by atoms with van der Waals surface area (Å²) in [5.41, 5.74) is 0.529. The van der Waals surface area contributed by atoms with Gasteiger partial charge in [0.15, 0.2) is 0 Å². The van der Waals surface area contributed by atoms with Crippen LogP contribution in [0.3, 0.4) is 0 Å². The number of hydrogen-bond acceptors (Lipinski definition) is 4. The van der Waals surface area contributed by atoms with Gasteiger partial charge in [-0.15, -0.1) is 0 Å². The fourth-order valence-electron chi connectivity index (χ4n) is 5.56. The number of nitrogens with one attached hydrogen (secondary N) is 2. The Balaban J connectivity index is -0.000000174. The first-order chi connectivity index (χ1) is 20.4. The molecule has 0 aliphatic carbocycles. The highest BCUT2D eigenvalue weighted by Gasteiger charge is 2.33. The van der Waals surface area contributed by atoms with Crippen molar-refractivity contribution in [3.8, 4) is 0 Å². The molecule has 0 aromatic rings. The van der Waals surface area contributed by atoms with E-state index in [0.717, 1.165) is 38.8 Å². The molecule has 0 spiro atoms. The third-order valence-electron chi connectivity index (χ3n) is 7.44. The zero-order valence-corrected chi connectivity index (χ0v) is 35.1. The smallest absolute Gasteiger partial charge is 0.219 e. The van der Waals surface area contributed by atoms with Crippen molar-refractivity contribution in [1.29, 1.82) is 0 Å². The van der Waals surface area contributed by atoms with Crippen molar-refractivity contribution in [2.24, 2.45) is 22.2 Å². The molecular formula is C40H88N2O3. The van der Waals surface area contributed by atoms with E-state index in [0.29, 0.717) is 12.3 Å². The summed E-state index contributed by atoms with van der Waals surface area (Å²) in [7, 11) is 2.04. The topological polar surface area (TPSA) is 67.4 Å². The van der Waals surface area contributed by atoms with Gasteiger partial charge in [0.1, 0.15) is 5.78 Å². The first-order valence-corrected chi connectivity index (χ1v) is 18.5. The minimum absolute atomic E-state index is 0.0253. The second kappa shape index (κ2) is 28.1. The minimum atomic E-state index is -0.155. The van der Waals surface area contributed by atoms with E-state index in [-0.39, 0.29) is 39.1 Å². The Morgan fingerprint density at radius 1 is 0.733 bits per heavy atom.